The molecule has 2 fully saturated rings. The van der Waals surface area contributed by atoms with Gasteiger partial charge in [0.15, 0.2) is 5.96 Å². The first-order valence-corrected chi connectivity index (χ1v) is 17.4. The van der Waals surface area contributed by atoms with Gasteiger partial charge >= 0.3 is 29.0 Å². The number of hydrogen-bond donors (Lipinski definition) is 5. The van der Waals surface area contributed by atoms with Crippen LogP contribution in [0.15, 0.2) is 48.5 Å². The Labute approximate surface area is 328 Å². The molecule has 2 aliphatic carbocycles. The van der Waals surface area contributed by atoms with Gasteiger partial charge in [0.2, 0.25) is 0 Å². The topological polar surface area (TPSA) is 156 Å². The van der Waals surface area contributed by atoms with Gasteiger partial charge in [-0.25, -0.2) is 0 Å². The standard InChI is InChI=1S/2C17H27NO2.C4H9N3O2.ClH.Mg.2H/c2*1-18(2)13-16(17(19)11-5-4-6-12-17)14-7-9-15(20-3)10-8-14;1-7(4(5)6)2-3(8)9;;;;/h2*7-10,16,19H,4-6,11-13H2,1-3H3;2H2,1H3,(H3,5,6)(H,8,9);1H;;;. The van der Waals surface area contributed by atoms with Crippen molar-refractivity contribution in [3.05, 3.63) is 59.7 Å². The number of benzene rings is 2. The van der Waals surface area contributed by atoms with Gasteiger partial charge in [0.1, 0.15) is 18.0 Å². The van der Waals surface area contributed by atoms with Crippen molar-refractivity contribution in [3.8, 4) is 11.5 Å². The number of aliphatic carboxylic acids is 1. The molecule has 2 aliphatic rings. The van der Waals surface area contributed by atoms with Crippen LogP contribution in [0.2, 0.25) is 0 Å². The number of carbonyl (C=O) groups is 1. The van der Waals surface area contributed by atoms with E-state index in [-0.39, 0.29) is 59.8 Å². The summed E-state index contributed by atoms with van der Waals surface area (Å²) in [5, 5.41) is 37.1. The largest absolute Gasteiger partial charge is 0.497 e. The summed E-state index contributed by atoms with van der Waals surface area (Å²) in [4.78, 5) is 15.4. The SMILES string of the molecule is CN(CC(=O)O)C(=N)N.COc1ccc(C(CN(C)C)C2(O)CCCCC2)cc1.COc1ccc(C(CN(C)C)C2(O)CCCCC2)cc1.Cl.[MgH2]. The van der Waals surface area contributed by atoms with Crippen LogP contribution in [-0.2, 0) is 4.79 Å². The first-order valence-electron chi connectivity index (χ1n) is 17.4. The van der Waals surface area contributed by atoms with Gasteiger partial charge in [-0.3, -0.25) is 10.2 Å². The molecule has 2 unspecified atom stereocenters. The maximum Gasteiger partial charge on any atom is 0.323 e. The monoisotopic (exact) mass is 747 g/mol. The lowest BCUT2D eigenvalue weighted by molar-refractivity contribution is -0.137. The molecule has 288 valence electrons. The number of hydrogen-bond acceptors (Lipinski definition) is 8. The Hall–Kier alpha value is -2.32. The highest BCUT2D eigenvalue weighted by molar-refractivity contribution is 5.85. The smallest absolute Gasteiger partial charge is 0.323 e. The molecule has 4 rings (SSSR count). The molecule has 2 aromatic carbocycles. The molecule has 0 bridgehead atoms. The number of methoxy groups -OCH3 is 2. The second-order valence-electron chi connectivity index (χ2n) is 14.1. The summed E-state index contributed by atoms with van der Waals surface area (Å²) in [6.07, 6.45) is 10.7. The molecule has 0 saturated heterocycles. The van der Waals surface area contributed by atoms with Crippen LogP contribution < -0.4 is 15.2 Å². The number of likely N-dealkylation sites (N-methyl/N-ethyl adjacent to an activating group) is 3. The van der Waals surface area contributed by atoms with E-state index in [1.807, 2.05) is 24.3 Å². The Morgan fingerprint density at radius 3 is 1.25 bits per heavy atom. The Balaban J connectivity index is 0.000000773. The molecule has 2 saturated carbocycles. The van der Waals surface area contributed by atoms with E-state index >= 15 is 0 Å². The van der Waals surface area contributed by atoms with Gasteiger partial charge in [0.25, 0.3) is 0 Å². The minimum absolute atomic E-state index is 0. The van der Waals surface area contributed by atoms with Crippen molar-refractivity contribution in [1.29, 1.82) is 5.41 Å². The number of nitrogens with two attached hydrogens (primary N) is 1. The molecule has 0 heterocycles. The van der Waals surface area contributed by atoms with E-state index in [0.29, 0.717) is 0 Å². The van der Waals surface area contributed by atoms with Crippen LogP contribution in [-0.4, -0.2) is 145 Å². The summed E-state index contributed by atoms with van der Waals surface area (Å²) in [5.74, 6) is 0.846. The second-order valence-corrected chi connectivity index (χ2v) is 14.1. The summed E-state index contributed by atoms with van der Waals surface area (Å²) in [7, 11) is 13.1. The van der Waals surface area contributed by atoms with Crippen LogP contribution in [0, 0.1) is 5.41 Å². The number of halogens is 1. The van der Waals surface area contributed by atoms with E-state index in [0.717, 1.165) is 80.9 Å². The van der Waals surface area contributed by atoms with E-state index < -0.39 is 17.2 Å². The summed E-state index contributed by atoms with van der Waals surface area (Å²) in [5.41, 5.74) is 6.24. The van der Waals surface area contributed by atoms with Crippen LogP contribution in [0.4, 0.5) is 0 Å². The van der Waals surface area contributed by atoms with E-state index in [4.69, 9.17) is 25.7 Å². The maximum absolute atomic E-state index is 11.1. The fourth-order valence-electron chi connectivity index (χ4n) is 6.89. The first kappa shape index (κ1) is 48.7. The van der Waals surface area contributed by atoms with E-state index in [1.165, 1.54) is 31.0 Å². The zero-order valence-corrected chi connectivity index (χ0v) is 32.2. The molecule has 0 aromatic heterocycles. The molecular formula is C38H66ClMgN5O6. The van der Waals surface area contributed by atoms with Crippen LogP contribution >= 0.6 is 12.4 Å². The van der Waals surface area contributed by atoms with Crippen molar-refractivity contribution in [3.63, 3.8) is 0 Å². The molecule has 11 nitrogen and oxygen atoms in total. The predicted octanol–water partition coefficient (Wildman–Crippen LogP) is 4.47. The number of nitrogens with zero attached hydrogens (tertiary/aromatic N) is 3. The van der Waals surface area contributed by atoms with Crippen molar-refractivity contribution in [2.24, 2.45) is 5.73 Å². The first-order chi connectivity index (χ1) is 23.1. The molecule has 0 radical (unpaired) electrons. The van der Waals surface area contributed by atoms with Crippen molar-refractivity contribution >= 4 is 47.4 Å². The average Bonchev–Trinajstić information content (AvgIpc) is 3.07. The number of nitrogens with one attached hydrogen (secondary N) is 1. The van der Waals surface area contributed by atoms with Gasteiger partial charge in [-0.1, -0.05) is 62.8 Å². The van der Waals surface area contributed by atoms with E-state index in [9.17, 15) is 15.0 Å². The quantitative estimate of drug-likeness (QED) is 0.119. The van der Waals surface area contributed by atoms with Crippen LogP contribution in [0.3, 0.4) is 0 Å². The highest BCUT2D eigenvalue weighted by atomic mass is 35.5. The molecule has 0 aliphatic heterocycles. The fourth-order valence-corrected chi connectivity index (χ4v) is 6.89. The Kier molecular flexibility index (Phi) is 23.0. The van der Waals surface area contributed by atoms with Crippen molar-refractivity contribution in [2.45, 2.75) is 87.2 Å². The number of rotatable bonds is 12. The molecular weight excluding hydrogens is 682 g/mol. The summed E-state index contributed by atoms with van der Waals surface area (Å²) in [6, 6.07) is 16.3. The number of carboxylic acids is 1. The fraction of sp³-hybridized carbons (Fsp3) is 0.632. The van der Waals surface area contributed by atoms with Gasteiger partial charge in [0, 0.05) is 32.0 Å². The Morgan fingerprint density at radius 2 is 1.04 bits per heavy atom. The normalized spacial score (nSPS) is 17.1. The maximum atomic E-state index is 11.1. The lowest BCUT2D eigenvalue weighted by atomic mass is 9.72. The average molecular weight is 749 g/mol. The third kappa shape index (κ3) is 16.5. The molecule has 13 heteroatoms. The van der Waals surface area contributed by atoms with Gasteiger partial charge in [0.05, 0.1) is 25.4 Å². The molecule has 6 N–H and O–H groups in total. The summed E-state index contributed by atoms with van der Waals surface area (Å²) < 4.78 is 10.5. The molecule has 0 amide bonds. The lowest BCUT2D eigenvalue weighted by Crippen LogP contribution is -2.42. The van der Waals surface area contributed by atoms with Crippen molar-refractivity contribution < 1.29 is 29.6 Å². The number of guanidine groups is 1. The second kappa shape index (κ2) is 24.1. The highest BCUT2D eigenvalue weighted by Gasteiger charge is 2.40. The van der Waals surface area contributed by atoms with Crippen molar-refractivity contribution in [2.75, 3.05) is 69.1 Å². The Bertz CT molecular complexity index is 1170. The third-order valence-corrected chi connectivity index (χ3v) is 9.65. The molecule has 0 spiro atoms. The van der Waals surface area contributed by atoms with Gasteiger partial charge in [-0.2, -0.15) is 0 Å². The number of aliphatic hydroxyl groups is 2. The van der Waals surface area contributed by atoms with Crippen LogP contribution in [0.1, 0.15) is 87.2 Å². The van der Waals surface area contributed by atoms with Gasteiger partial charge < -0.3 is 45.2 Å². The van der Waals surface area contributed by atoms with Crippen LogP contribution in [0.25, 0.3) is 0 Å². The summed E-state index contributed by atoms with van der Waals surface area (Å²) >= 11 is 0. The third-order valence-electron chi connectivity index (χ3n) is 9.65. The highest BCUT2D eigenvalue weighted by Crippen LogP contribution is 2.42. The number of ether oxygens (including phenoxy) is 2. The summed E-state index contributed by atoms with van der Waals surface area (Å²) in [6.45, 7) is 1.53. The number of carboxylic acid groups (broad SMARTS) is 1. The van der Waals surface area contributed by atoms with Crippen molar-refractivity contribution in [1.82, 2.24) is 14.7 Å². The zero-order valence-electron chi connectivity index (χ0n) is 31.4. The molecule has 2 atom stereocenters. The Morgan fingerprint density at radius 1 is 0.725 bits per heavy atom. The zero-order chi connectivity index (χ0) is 36.6. The van der Waals surface area contributed by atoms with E-state index in [1.54, 1.807) is 14.2 Å². The molecule has 2 aromatic rings. The lowest BCUT2D eigenvalue weighted by Gasteiger charge is -2.40. The van der Waals surface area contributed by atoms with Crippen LogP contribution in [0.5, 0.6) is 11.5 Å². The van der Waals surface area contributed by atoms with Gasteiger partial charge in [-0.05, 0) is 89.3 Å². The van der Waals surface area contributed by atoms with E-state index in [2.05, 4.69) is 62.3 Å². The minimum atomic E-state index is -0.993. The van der Waals surface area contributed by atoms with Gasteiger partial charge in [-0.15, -0.1) is 12.4 Å². The minimum Gasteiger partial charge on any atom is -0.497 e. The molecule has 51 heavy (non-hydrogen) atoms. The predicted molar refractivity (Wildman–Crippen MR) is 213 cm³/mol.